The lowest BCUT2D eigenvalue weighted by molar-refractivity contribution is -0.136. The van der Waals surface area contributed by atoms with E-state index in [1.54, 1.807) is 43.3 Å². The van der Waals surface area contributed by atoms with Gasteiger partial charge in [0.05, 0.1) is 42.6 Å². The number of hydrogen-bond acceptors (Lipinski definition) is 10. The van der Waals surface area contributed by atoms with E-state index in [1.807, 2.05) is 13.8 Å². The average Bonchev–Trinajstić information content (AvgIpc) is 2.95. The van der Waals surface area contributed by atoms with Gasteiger partial charge < -0.3 is 39.4 Å². The largest absolute Gasteiger partial charge is 0.490 e. The van der Waals surface area contributed by atoms with Crippen molar-refractivity contribution in [1.29, 1.82) is 0 Å². The van der Waals surface area contributed by atoms with E-state index in [4.69, 9.17) is 23.7 Å². The zero-order valence-corrected chi connectivity index (χ0v) is 25.4. The second-order valence-electron chi connectivity index (χ2n) is 8.78. The number of hydrogen-bond donors (Lipinski definition) is 4. The molecule has 12 nitrogen and oxygen atoms in total. The number of carbonyl (C=O) groups excluding carboxylic acids is 2. The summed E-state index contributed by atoms with van der Waals surface area (Å²) in [6, 6.07) is 7.36. The van der Waals surface area contributed by atoms with Crippen molar-refractivity contribution in [2.45, 2.75) is 33.0 Å². The smallest absolute Gasteiger partial charge is 0.337 e. The fraction of sp³-hybridized carbons (Fsp3) is 0.345. The molecule has 0 radical (unpaired) electrons. The van der Waals surface area contributed by atoms with Crippen LogP contribution in [0.25, 0.3) is 0 Å². The summed E-state index contributed by atoms with van der Waals surface area (Å²) in [7, 11) is 1.27. The van der Waals surface area contributed by atoms with Crippen molar-refractivity contribution in [2.24, 2.45) is 5.10 Å². The first-order valence-corrected chi connectivity index (χ1v) is 13.9. The summed E-state index contributed by atoms with van der Waals surface area (Å²) < 4.78 is 28.5. The van der Waals surface area contributed by atoms with Crippen LogP contribution in [-0.2, 0) is 9.53 Å². The van der Waals surface area contributed by atoms with Gasteiger partial charge in [-0.1, -0.05) is 18.7 Å². The number of nitrogens with one attached hydrogen (secondary N) is 3. The van der Waals surface area contributed by atoms with Gasteiger partial charge in [-0.15, -0.1) is 0 Å². The van der Waals surface area contributed by atoms with Crippen molar-refractivity contribution < 1.29 is 38.4 Å². The second kappa shape index (κ2) is 15.7. The van der Waals surface area contributed by atoms with Gasteiger partial charge in [-0.05, 0) is 72.1 Å². The number of aliphatic hydroxyl groups excluding tert-OH is 1. The number of esters is 1. The van der Waals surface area contributed by atoms with Crippen molar-refractivity contribution in [2.75, 3.05) is 33.5 Å². The van der Waals surface area contributed by atoms with Crippen LogP contribution in [0.1, 0.15) is 37.9 Å². The minimum absolute atomic E-state index is 0.157. The van der Waals surface area contributed by atoms with Crippen LogP contribution in [0, 0.1) is 0 Å². The highest BCUT2D eigenvalue weighted by atomic mass is 79.9. The first-order valence-electron chi connectivity index (χ1n) is 13.1. The van der Waals surface area contributed by atoms with Gasteiger partial charge in [0.2, 0.25) is 0 Å². The minimum atomic E-state index is -1.15. The number of allylic oxidation sites excluding steroid dienone is 1. The molecule has 0 aliphatic carbocycles. The Morgan fingerprint density at radius 1 is 1.14 bits per heavy atom. The predicted octanol–water partition coefficient (Wildman–Crippen LogP) is 3.93. The highest BCUT2D eigenvalue weighted by molar-refractivity contribution is 9.10. The van der Waals surface area contributed by atoms with Crippen molar-refractivity contribution in [3.05, 3.63) is 69.9 Å². The topological polar surface area (TPSA) is 149 Å². The number of halogens is 1. The summed E-state index contributed by atoms with van der Waals surface area (Å²) in [6.07, 6.45) is 2.01. The number of nitrogens with zero attached hydrogens (tertiary/aromatic N) is 1. The van der Waals surface area contributed by atoms with E-state index >= 15 is 0 Å². The normalized spacial score (nSPS) is 15.4. The van der Waals surface area contributed by atoms with Crippen LogP contribution in [0.2, 0.25) is 0 Å². The molecule has 2 aromatic rings. The molecule has 0 fully saturated rings. The van der Waals surface area contributed by atoms with Gasteiger partial charge in [-0.2, -0.15) is 5.10 Å². The molecule has 1 aliphatic heterocycles. The third-order valence-electron chi connectivity index (χ3n) is 5.79. The van der Waals surface area contributed by atoms with Crippen LogP contribution in [0.4, 0.5) is 4.79 Å². The Kier molecular flexibility index (Phi) is 12.1. The minimum Gasteiger partial charge on any atom is -0.490 e. The van der Waals surface area contributed by atoms with Gasteiger partial charge in [-0.25, -0.2) is 9.59 Å². The van der Waals surface area contributed by atoms with E-state index in [0.717, 1.165) is 0 Å². The number of rotatable bonds is 15. The number of amides is 2. The molecule has 0 unspecified atom stereocenters. The number of hydrazone groups is 1. The molecule has 2 aromatic carbocycles. The molecule has 0 saturated carbocycles. The molecule has 2 amide bonds. The maximum atomic E-state index is 12.4. The Labute approximate surface area is 252 Å². The maximum absolute atomic E-state index is 12.4. The highest BCUT2D eigenvalue weighted by Gasteiger charge is 2.32. The van der Waals surface area contributed by atoms with Crippen LogP contribution in [0.5, 0.6) is 23.0 Å². The Morgan fingerprint density at radius 3 is 2.57 bits per heavy atom. The molecule has 1 heterocycles. The van der Waals surface area contributed by atoms with Gasteiger partial charge in [0.15, 0.2) is 29.2 Å². The lowest BCUT2D eigenvalue weighted by Gasteiger charge is -2.28. The summed E-state index contributed by atoms with van der Waals surface area (Å²) >= 11 is 3.49. The third kappa shape index (κ3) is 8.40. The SMILES string of the molecule is C=CCOc1c(Br)cc(/C=N/N[C@@H](O)COc2ccc([C@@H]3NC(=O)NC(C)=C3C(=O)OC)cc2OCC)cc1OCC. The number of methoxy groups -OCH3 is 1. The van der Waals surface area contributed by atoms with Gasteiger partial charge in [0.25, 0.3) is 0 Å². The van der Waals surface area contributed by atoms with Crippen LogP contribution in [0.3, 0.4) is 0 Å². The standard InChI is InChI=1S/C29H35BrN4O8/c1-6-11-41-27-20(30)12-18(13-23(27)40-8-3)15-31-34-24(35)16-42-21-10-9-19(14-22(21)39-7-2)26-25(28(36)38-5)17(4)32-29(37)33-26/h6,9-10,12-15,24,26,34-35H,1,7-8,11,16H2,2-5H3,(H2,32,33,37)/b31-15+/t24-,26-/m0/s1. The molecule has 226 valence electrons. The monoisotopic (exact) mass is 646 g/mol. The van der Waals surface area contributed by atoms with Crippen LogP contribution >= 0.6 is 15.9 Å². The van der Waals surface area contributed by atoms with Crippen LogP contribution in [0.15, 0.2) is 63.8 Å². The molecular formula is C29H35BrN4O8. The molecule has 3 rings (SSSR count). The van der Waals surface area contributed by atoms with E-state index in [1.165, 1.54) is 13.3 Å². The third-order valence-corrected chi connectivity index (χ3v) is 6.38. The molecule has 0 bridgehead atoms. The number of carbonyl (C=O) groups is 2. The lowest BCUT2D eigenvalue weighted by Crippen LogP contribution is -2.45. The Bertz CT molecular complexity index is 1350. The fourth-order valence-electron chi connectivity index (χ4n) is 4.03. The van der Waals surface area contributed by atoms with Gasteiger partial charge in [0.1, 0.15) is 13.2 Å². The van der Waals surface area contributed by atoms with Gasteiger partial charge >= 0.3 is 12.0 Å². The van der Waals surface area contributed by atoms with Crippen molar-refractivity contribution in [1.82, 2.24) is 16.1 Å². The highest BCUT2D eigenvalue weighted by Crippen LogP contribution is 2.37. The van der Waals surface area contributed by atoms with E-state index in [9.17, 15) is 14.7 Å². The van der Waals surface area contributed by atoms with E-state index < -0.39 is 24.3 Å². The van der Waals surface area contributed by atoms with Gasteiger partial charge in [-0.3, -0.25) is 5.43 Å². The summed E-state index contributed by atoms with van der Waals surface area (Å²) in [6.45, 7) is 9.92. The predicted molar refractivity (Wildman–Crippen MR) is 160 cm³/mol. The number of urea groups is 1. The molecule has 0 spiro atoms. The van der Waals surface area contributed by atoms with Gasteiger partial charge in [0, 0.05) is 5.70 Å². The Balaban J connectivity index is 1.69. The first kappa shape index (κ1) is 32.3. The Hall–Kier alpha value is -4.23. The van der Waals surface area contributed by atoms with Crippen molar-refractivity contribution in [3.63, 3.8) is 0 Å². The second-order valence-corrected chi connectivity index (χ2v) is 9.63. The Morgan fingerprint density at radius 2 is 1.88 bits per heavy atom. The molecule has 2 atom stereocenters. The zero-order valence-electron chi connectivity index (χ0n) is 23.9. The number of ether oxygens (including phenoxy) is 5. The van der Waals surface area contributed by atoms with Crippen molar-refractivity contribution >= 4 is 34.1 Å². The van der Waals surface area contributed by atoms with E-state index in [0.29, 0.717) is 64.1 Å². The molecule has 0 saturated heterocycles. The molecule has 0 aromatic heterocycles. The summed E-state index contributed by atoms with van der Waals surface area (Å²) in [5, 5.41) is 19.8. The molecule has 42 heavy (non-hydrogen) atoms. The lowest BCUT2D eigenvalue weighted by atomic mass is 9.95. The summed E-state index contributed by atoms with van der Waals surface area (Å²) in [5.74, 6) is 1.25. The maximum Gasteiger partial charge on any atom is 0.337 e. The molecule has 4 N–H and O–H groups in total. The van der Waals surface area contributed by atoms with Crippen molar-refractivity contribution in [3.8, 4) is 23.0 Å². The number of aliphatic hydroxyl groups is 1. The molecular weight excluding hydrogens is 612 g/mol. The first-order chi connectivity index (χ1) is 20.2. The number of benzene rings is 2. The summed E-state index contributed by atoms with van der Waals surface area (Å²) in [5.41, 5.74) is 4.56. The zero-order chi connectivity index (χ0) is 30.6. The van der Waals surface area contributed by atoms with Crippen LogP contribution < -0.4 is 35.0 Å². The van der Waals surface area contributed by atoms with Crippen LogP contribution in [-0.4, -0.2) is 63.1 Å². The van der Waals surface area contributed by atoms with E-state index in [-0.39, 0.29) is 12.2 Å². The molecule has 1 aliphatic rings. The quantitative estimate of drug-likeness (QED) is 0.0742. The summed E-state index contributed by atoms with van der Waals surface area (Å²) in [4.78, 5) is 24.6. The average molecular weight is 648 g/mol. The molecule has 13 heteroatoms. The fourth-order valence-corrected chi connectivity index (χ4v) is 4.60. The van der Waals surface area contributed by atoms with E-state index in [2.05, 4.69) is 43.7 Å².